The number of unbranched alkanes of at least 4 members (excludes halogenated alkanes) is 14. The largest absolute Gasteiger partial charge is 0.466 e. The van der Waals surface area contributed by atoms with E-state index in [0.29, 0.717) is 136 Å². The van der Waals surface area contributed by atoms with Crippen LogP contribution in [0.1, 0.15) is 271 Å². The molecule has 4 saturated heterocycles. The van der Waals surface area contributed by atoms with E-state index < -0.39 is 159 Å². The minimum Gasteiger partial charge on any atom is -0.466 e. The normalized spacial score (nSPS) is 24.6. The molecule has 17 atom stereocenters. The van der Waals surface area contributed by atoms with Crippen LogP contribution < -0.4 is 37.2 Å². The first-order valence-corrected chi connectivity index (χ1v) is 45.8. The molecule has 0 aromatic rings. The summed E-state index contributed by atoms with van der Waals surface area (Å²) in [4.78, 5) is 155. The molecule has 16 N–H and O–H groups in total. The molecule has 4 aliphatic heterocycles. The molecule has 0 saturated carbocycles. The van der Waals surface area contributed by atoms with Crippen molar-refractivity contribution < 1.29 is 151 Å². The van der Waals surface area contributed by atoms with Crippen molar-refractivity contribution in [1.82, 2.24) is 42.1 Å². The molecule has 726 valence electrons. The number of aliphatic hydroxyl groups excluding tert-OH is 9. The molecular weight excluding hydrogens is 1650 g/mol. The second-order valence-corrected chi connectivity index (χ2v) is 33.6. The van der Waals surface area contributed by atoms with Gasteiger partial charge in [0.1, 0.15) is 78.6 Å². The average molecular weight is 1810 g/mol. The van der Waals surface area contributed by atoms with Crippen LogP contribution in [0, 0.1) is 0 Å². The van der Waals surface area contributed by atoms with E-state index in [0.717, 1.165) is 57.8 Å². The van der Waals surface area contributed by atoms with Gasteiger partial charge < -0.3 is 135 Å². The number of hydrogen-bond donors (Lipinski definition) is 16. The van der Waals surface area contributed by atoms with Crippen LogP contribution in [0.4, 0.5) is 4.79 Å². The van der Waals surface area contributed by atoms with Gasteiger partial charge >= 0.3 is 18.0 Å². The van der Waals surface area contributed by atoms with Gasteiger partial charge in [-0.3, -0.25) is 52.7 Å². The molecule has 39 heteroatoms. The summed E-state index contributed by atoms with van der Waals surface area (Å²) in [6.07, 6.45) is 2.19. The van der Waals surface area contributed by atoms with Gasteiger partial charge in [-0.2, -0.15) is 0 Å². The van der Waals surface area contributed by atoms with Gasteiger partial charge in [0, 0.05) is 131 Å². The highest BCUT2D eigenvalue weighted by Gasteiger charge is 2.48. The van der Waals surface area contributed by atoms with E-state index in [1.54, 1.807) is 19.1 Å². The summed E-state index contributed by atoms with van der Waals surface area (Å²) in [5, 5.41) is 111. The van der Waals surface area contributed by atoms with Gasteiger partial charge in [0.05, 0.1) is 83.8 Å². The standard InChI is InChI=1S/C87H152N8O31/c1-58(99)91-75-65(124-66(54-96)78(110)81(75)113)33-20-18-31-62(102)30-15-9-6-14-24-46-90-86(116)123-51-29-43-87(94-71(106)40-39-63(103)32-19-21-36-72(107)95-53-64(118-5)52-61(95)57-117-4,41-27-49-119-73(108)37-16-10-7-12-22-44-88-69(104)34-25-47-121-84-76(92-59(2)100)82(114)79(111)67(55-97)125-84)42-28-50-120-74(109)38-17-11-8-13-23-45-89-70(105)35-26-48-122-85-77(93-60(3)101)83(115)80(112)68(56-98)126-85/h61,64-68,75-85,96-98,110-115H,6-57H2,1-5H3,(H,88,104)(H,89,105)(H,90,116)(H,91,99)(H,92,100)(H,93,101)(H,94,106)/t61-,64+,65?,66?,67?,68?,75?,76?,77?,78?,79?,80?,81?,82?,83?,84?,85?,87?/m1/s1. The van der Waals surface area contributed by atoms with Gasteiger partial charge in [0.2, 0.25) is 41.4 Å². The summed E-state index contributed by atoms with van der Waals surface area (Å²) >= 11 is 0. The zero-order chi connectivity index (χ0) is 92.6. The molecule has 4 rings (SSSR count). The topological polar surface area (TPSA) is 567 Å². The van der Waals surface area contributed by atoms with Crippen LogP contribution in [0.5, 0.6) is 0 Å². The van der Waals surface area contributed by atoms with Crippen LogP contribution in [0.25, 0.3) is 0 Å². The quantitative estimate of drug-likeness (QED) is 0.0235. The maximum atomic E-state index is 14.2. The number of Topliss-reactive ketones (excluding diaryl/α,β-unsaturated/α-hetero) is 2. The Morgan fingerprint density at radius 2 is 0.786 bits per heavy atom. The predicted octanol–water partition coefficient (Wildman–Crippen LogP) is 2.02. The fourth-order valence-corrected chi connectivity index (χ4v) is 16.1. The highest BCUT2D eigenvalue weighted by molar-refractivity contribution is 5.85. The maximum absolute atomic E-state index is 14.2. The zero-order valence-corrected chi connectivity index (χ0v) is 75.0. The molecule has 4 heterocycles. The van der Waals surface area contributed by atoms with E-state index in [4.69, 9.17) is 47.4 Å². The summed E-state index contributed by atoms with van der Waals surface area (Å²) in [6.45, 7) is 4.14. The molecule has 0 aromatic carbocycles. The fourth-order valence-electron chi connectivity index (χ4n) is 16.1. The number of aliphatic hydroxyl groups is 9. The van der Waals surface area contributed by atoms with Crippen LogP contribution in [0.3, 0.4) is 0 Å². The molecule has 0 bridgehead atoms. The Hall–Kier alpha value is -6.80. The van der Waals surface area contributed by atoms with E-state index in [1.807, 2.05) is 0 Å². The van der Waals surface area contributed by atoms with Gasteiger partial charge in [-0.1, -0.05) is 64.2 Å². The number of esters is 2. The number of nitrogens with one attached hydrogen (secondary N) is 7. The Labute approximate surface area is 741 Å². The first kappa shape index (κ1) is 112. The molecule has 126 heavy (non-hydrogen) atoms. The van der Waals surface area contributed by atoms with E-state index >= 15 is 0 Å². The molecule has 4 fully saturated rings. The molecule has 0 radical (unpaired) electrons. The Kier molecular flexibility index (Phi) is 57.4. The Balaban J connectivity index is 1.29. The third-order valence-electron chi connectivity index (χ3n) is 23.1. The van der Waals surface area contributed by atoms with Crippen LogP contribution >= 0.6 is 0 Å². The second kappa shape index (κ2) is 64.9. The zero-order valence-electron chi connectivity index (χ0n) is 75.0. The molecular formula is C87H152N8O31. The van der Waals surface area contributed by atoms with Gasteiger partial charge in [-0.25, -0.2) is 4.79 Å². The van der Waals surface area contributed by atoms with Crippen LogP contribution in [0.2, 0.25) is 0 Å². The Morgan fingerprint density at radius 1 is 0.389 bits per heavy atom. The summed E-state index contributed by atoms with van der Waals surface area (Å²) in [6, 6.07) is -3.16. The summed E-state index contributed by atoms with van der Waals surface area (Å²) in [5.74, 6) is -3.13. The van der Waals surface area contributed by atoms with Gasteiger partial charge in [0.15, 0.2) is 12.6 Å². The number of methoxy groups -OCH3 is 2. The van der Waals surface area contributed by atoms with Crippen LogP contribution in [0.15, 0.2) is 0 Å². The fraction of sp³-hybridized carbons (Fsp3) is 0.862. The van der Waals surface area contributed by atoms with Crippen LogP contribution in [-0.2, 0) is 100 Å². The first-order valence-electron chi connectivity index (χ1n) is 45.8. The maximum Gasteiger partial charge on any atom is 0.407 e. The minimum atomic E-state index is -1.46. The van der Waals surface area contributed by atoms with Crippen molar-refractivity contribution >= 4 is 70.9 Å². The second-order valence-electron chi connectivity index (χ2n) is 33.6. The van der Waals surface area contributed by atoms with E-state index in [9.17, 15) is 103 Å². The smallest absolute Gasteiger partial charge is 0.407 e. The number of amides is 8. The minimum absolute atomic E-state index is 0.00801. The number of nitrogens with zero attached hydrogens (tertiary/aromatic N) is 1. The van der Waals surface area contributed by atoms with Crippen molar-refractivity contribution in [3.05, 3.63) is 0 Å². The molecule has 15 unspecified atom stereocenters. The average Bonchev–Trinajstić information content (AvgIpc) is 0.960. The molecule has 8 amide bonds. The van der Waals surface area contributed by atoms with Crippen LogP contribution in [-0.4, -0.2) is 331 Å². The molecule has 0 aromatic heterocycles. The van der Waals surface area contributed by atoms with Gasteiger partial charge in [0.25, 0.3) is 0 Å². The van der Waals surface area contributed by atoms with Gasteiger partial charge in [-0.15, -0.1) is 0 Å². The summed E-state index contributed by atoms with van der Waals surface area (Å²) < 4.78 is 56.3. The number of carbonyl (C=O) groups is 12. The van der Waals surface area contributed by atoms with E-state index in [-0.39, 0.29) is 164 Å². The first-order chi connectivity index (χ1) is 60.5. The lowest BCUT2D eigenvalue weighted by Gasteiger charge is -2.42. The molecule has 0 aliphatic carbocycles. The number of ether oxygens (including phenoxy) is 10. The summed E-state index contributed by atoms with van der Waals surface area (Å²) in [5.41, 5.74) is -1.02. The number of hydrogen-bond acceptors (Lipinski definition) is 31. The van der Waals surface area contributed by atoms with Crippen molar-refractivity contribution in [3.8, 4) is 0 Å². The van der Waals surface area contributed by atoms with Gasteiger partial charge in [-0.05, 0) is 122 Å². The lowest BCUT2D eigenvalue weighted by molar-refractivity contribution is -0.270. The monoisotopic (exact) mass is 1810 g/mol. The Morgan fingerprint density at radius 3 is 1.25 bits per heavy atom. The lowest BCUT2D eigenvalue weighted by atomic mass is 9.83. The third-order valence-corrected chi connectivity index (χ3v) is 23.1. The number of alkyl carbamates (subject to hydrolysis) is 1. The number of carbonyl (C=O) groups excluding carboxylic acids is 12. The van der Waals surface area contributed by atoms with E-state index in [2.05, 4.69) is 37.2 Å². The van der Waals surface area contributed by atoms with Crippen molar-refractivity contribution in [2.45, 2.75) is 381 Å². The third kappa shape index (κ3) is 45.2. The Bertz CT molecular complexity index is 2910. The number of rotatable bonds is 69. The highest BCUT2D eigenvalue weighted by Crippen LogP contribution is 2.31. The summed E-state index contributed by atoms with van der Waals surface area (Å²) in [7, 11) is 3.19. The highest BCUT2D eigenvalue weighted by atomic mass is 16.7. The SMILES string of the molecule is COC[C@H]1C[C@H](OC)CN1C(=O)CCCCC(=O)CCC(=O)NC(CCCOC(=O)CCCCCCCNC(=O)CCCOC1OC(CO)C(O)C(O)C1NC(C)=O)(CCCOC(=O)CCCCCCCNC(=O)CCCOC1OC(CO)C(O)C(O)C1NC(C)=O)CCCOC(=O)NCCCCCCCC(=O)CCCCC1OC(CO)C(O)C(O)C1NC(C)=O. The predicted molar refractivity (Wildman–Crippen MR) is 454 cm³/mol. The van der Waals surface area contributed by atoms with Crippen molar-refractivity contribution in [2.75, 3.05) is 99.9 Å². The van der Waals surface area contributed by atoms with Crippen molar-refractivity contribution in [3.63, 3.8) is 0 Å². The van der Waals surface area contributed by atoms with E-state index in [1.165, 1.54) is 20.8 Å². The van der Waals surface area contributed by atoms with Crippen molar-refractivity contribution in [1.29, 1.82) is 0 Å². The molecule has 4 aliphatic rings. The number of ketones is 2. The lowest BCUT2D eigenvalue weighted by Crippen LogP contribution is -2.64. The number of likely N-dealkylation sites (tertiary alicyclic amines) is 1. The molecule has 39 nitrogen and oxygen atoms in total. The van der Waals surface area contributed by atoms with Crippen molar-refractivity contribution in [2.24, 2.45) is 0 Å². The molecule has 0 spiro atoms.